The zero-order valence-corrected chi connectivity index (χ0v) is 20.9. The van der Waals surface area contributed by atoms with Crippen LogP contribution in [0.2, 0.25) is 0 Å². The molecular weight excluding hydrogens is 450 g/mol. The molecule has 3 aromatic rings. The third-order valence-electron chi connectivity index (χ3n) is 6.86. The number of methoxy groups -OCH3 is 1. The number of hydrogen-bond donors (Lipinski definition) is 0. The van der Waals surface area contributed by atoms with Crippen LogP contribution in [-0.2, 0) is 38.6 Å². The number of nitrogens with zero attached hydrogens (tertiary/aromatic N) is 1. The molecule has 1 aliphatic rings. The summed E-state index contributed by atoms with van der Waals surface area (Å²) in [6.07, 6.45) is 1.22. The van der Waals surface area contributed by atoms with E-state index in [1.54, 1.807) is 7.11 Å². The highest BCUT2D eigenvalue weighted by atomic mass is 16.5. The molecule has 1 unspecified atom stereocenters. The molecule has 0 N–H and O–H groups in total. The summed E-state index contributed by atoms with van der Waals surface area (Å²) in [5.74, 6) is -1.62. The first-order valence-corrected chi connectivity index (χ1v) is 12.7. The van der Waals surface area contributed by atoms with E-state index in [0.717, 1.165) is 18.7 Å². The number of carbonyl (C=O) groups excluding carboxylic acids is 2. The molecule has 3 aromatic carbocycles. The minimum Gasteiger partial charge on any atom is -0.465 e. The van der Waals surface area contributed by atoms with Crippen molar-refractivity contribution in [1.82, 2.24) is 4.90 Å². The first-order chi connectivity index (χ1) is 17.6. The highest BCUT2D eigenvalue weighted by molar-refractivity contribution is 6.01. The molecule has 0 aliphatic carbocycles. The van der Waals surface area contributed by atoms with E-state index in [0.29, 0.717) is 32.6 Å². The summed E-state index contributed by atoms with van der Waals surface area (Å²) < 4.78 is 10.8. The molecule has 5 nitrogen and oxygen atoms in total. The number of ether oxygens (including phenoxy) is 2. The van der Waals surface area contributed by atoms with Crippen LogP contribution >= 0.6 is 0 Å². The summed E-state index contributed by atoms with van der Waals surface area (Å²) in [6.45, 7) is 2.74. The lowest BCUT2D eigenvalue weighted by Crippen LogP contribution is -2.39. The van der Waals surface area contributed by atoms with Gasteiger partial charge < -0.3 is 9.47 Å². The molecule has 1 aliphatic heterocycles. The predicted octanol–water partition coefficient (Wildman–Crippen LogP) is 4.94. The molecule has 36 heavy (non-hydrogen) atoms. The Morgan fingerprint density at radius 2 is 1.42 bits per heavy atom. The van der Waals surface area contributed by atoms with E-state index in [2.05, 4.69) is 29.2 Å². The minimum absolute atomic E-state index is 0.0263. The van der Waals surface area contributed by atoms with E-state index in [9.17, 15) is 9.59 Å². The van der Waals surface area contributed by atoms with E-state index in [-0.39, 0.29) is 23.6 Å². The summed E-state index contributed by atoms with van der Waals surface area (Å²) >= 11 is 0. The van der Waals surface area contributed by atoms with Crippen LogP contribution in [0.5, 0.6) is 0 Å². The molecule has 0 spiro atoms. The molecule has 4 rings (SSSR count). The number of Topliss-reactive ketones (excluding diaryl/α,β-unsaturated/α-hetero) is 1. The van der Waals surface area contributed by atoms with E-state index < -0.39 is 5.92 Å². The largest absolute Gasteiger partial charge is 0.465 e. The Labute approximate surface area is 214 Å². The first kappa shape index (κ1) is 25.8. The lowest BCUT2D eigenvalue weighted by molar-refractivity contribution is -0.146. The normalized spacial score (nSPS) is 18.2. The Hall–Kier alpha value is -3.28. The van der Waals surface area contributed by atoms with Crippen molar-refractivity contribution in [2.45, 2.75) is 25.9 Å². The summed E-state index contributed by atoms with van der Waals surface area (Å²) in [7, 11) is 1.65. The number of rotatable bonds is 13. The third kappa shape index (κ3) is 7.12. The average Bonchev–Trinajstić information content (AvgIpc) is 3.27. The van der Waals surface area contributed by atoms with Gasteiger partial charge in [-0.05, 0) is 29.5 Å². The van der Waals surface area contributed by atoms with Gasteiger partial charge >= 0.3 is 5.97 Å². The second kappa shape index (κ2) is 13.1. The highest BCUT2D eigenvalue weighted by Gasteiger charge is 2.44. The smallest absolute Gasteiger partial charge is 0.316 e. The van der Waals surface area contributed by atoms with Gasteiger partial charge in [0.25, 0.3) is 0 Å². The third-order valence-corrected chi connectivity index (χ3v) is 6.86. The van der Waals surface area contributed by atoms with Gasteiger partial charge in [0.15, 0.2) is 5.78 Å². The lowest BCUT2D eigenvalue weighted by Gasteiger charge is -2.29. The molecule has 1 fully saturated rings. The van der Waals surface area contributed by atoms with Gasteiger partial charge in [-0.15, -0.1) is 0 Å². The quantitative estimate of drug-likeness (QED) is 0.254. The maximum atomic E-state index is 13.9. The number of hydrogen-bond acceptors (Lipinski definition) is 5. The molecule has 0 saturated carbocycles. The van der Waals surface area contributed by atoms with Crippen LogP contribution in [0.25, 0.3) is 0 Å². The summed E-state index contributed by atoms with van der Waals surface area (Å²) in [4.78, 5) is 29.0. The van der Waals surface area contributed by atoms with Crippen LogP contribution < -0.4 is 0 Å². The van der Waals surface area contributed by atoms with Gasteiger partial charge in [0.05, 0.1) is 6.61 Å². The molecule has 3 atom stereocenters. The van der Waals surface area contributed by atoms with Crippen LogP contribution in [0.4, 0.5) is 0 Å². The van der Waals surface area contributed by atoms with E-state index in [1.807, 2.05) is 66.7 Å². The van der Waals surface area contributed by atoms with Crippen LogP contribution in [0, 0.1) is 17.8 Å². The number of ketones is 1. The predicted molar refractivity (Wildman–Crippen MR) is 140 cm³/mol. The van der Waals surface area contributed by atoms with Crippen molar-refractivity contribution < 1.29 is 19.1 Å². The number of carbonyl (C=O) groups is 2. The van der Waals surface area contributed by atoms with Gasteiger partial charge in [0.1, 0.15) is 5.92 Å². The molecular formula is C31H35NO4. The lowest BCUT2D eigenvalue weighted by atomic mass is 9.80. The molecule has 0 bridgehead atoms. The first-order valence-electron chi connectivity index (χ1n) is 12.7. The van der Waals surface area contributed by atoms with Crippen LogP contribution in [0.3, 0.4) is 0 Å². The second-order valence-corrected chi connectivity index (χ2v) is 9.58. The van der Waals surface area contributed by atoms with Gasteiger partial charge in [-0.2, -0.15) is 0 Å². The van der Waals surface area contributed by atoms with E-state index >= 15 is 0 Å². The molecule has 1 saturated heterocycles. The number of benzene rings is 3. The molecule has 0 aromatic heterocycles. The van der Waals surface area contributed by atoms with Crippen molar-refractivity contribution in [3.8, 4) is 0 Å². The minimum atomic E-state index is -0.734. The van der Waals surface area contributed by atoms with E-state index in [1.165, 1.54) is 11.1 Å². The SMILES string of the molecule is COCC[C@H](CN(Cc1ccccc1)Cc1ccccc1)C(=O)C1C(=O)OC[C@@H]1Cc1ccccc1. The Morgan fingerprint density at radius 1 is 0.889 bits per heavy atom. The molecule has 1 heterocycles. The van der Waals surface area contributed by atoms with Crippen molar-refractivity contribution in [1.29, 1.82) is 0 Å². The van der Waals surface area contributed by atoms with Crippen molar-refractivity contribution in [2.24, 2.45) is 17.8 Å². The van der Waals surface area contributed by atoms with Crippen molar-refractivity contribution in [3.63, 3.8) is 0 Å². The highest BCUT2D eigenvalue weighted by Crippen LogP contribution is 2.30. The zero-order valence-electron chi connectivity index (χ0n) is 20.9. The Bertz CT molecular complexity index is 1050. The Morgan fingerprint density at radius 3 is 1.94 bits per heavy atom. The van der Waals surface area contributed by atoms with Gasteiger partial charge in [0.2, 0.25) is 0 Å². The standard InChI is InChI=1S/C31H35NO4/c1-35-18-17-27(30(33)29-28(23-36-31(29)34)19-24-11-5-2-6-12-24)22-32(20-25-13-7-3-8-14-25)21-26-15-9-4-10-16-26/h2-16,27-29H,17-23H2,1H3/t27-,28+,29?/m1/s1. The number of esters is 1. The van der Waals surface area contributed by atoms with Crippen LogP contribution in [0.15, 0.2) is 91.0 Å². The van der Waals surface area contributed by atoms with Crippen LogP contribution in [-0.4, -0.2) is 43.5 Å². The number of cyclic esters (lactones) is 1. The van der Waals surface area contributed by atoms with Crippen molar-refractivity contribution >= 4 is 11.8 Å². The van der Waals surface area contributed by atoms with Crippen molar-refractivity contribution in [3.05, 3.63) is 108 Å². The average molecular weight is 486 g/mol. The van der Waals surface area contributed by atoms with Gasteiger partial charge in [-0.3, -0.25) is 14.5 Å². The van der Waals surface area contributed by atoms with Crippen molar-refractivity contribution in [2.75, 3.05) is 26.9 Å². The topological polar surface area (TPSA) is 55.8 Å². The molecule has 0 amide bonds. The Balaban J connectivity index is 1.54. The van der Waals surface area contributed by atoms with Gasteiger partial charge in [-0.1, -0.05) is 91.0 Å². The van der Waals surface area contributed by atoms with Crippen LogP contribution in [0.1, 0.15) is 23.1 Å². The fraction of sp³-hybridized carbons (Fsp3) is 0.355. The maximum Gasteiger partial charge on any atom is 0.316 e. The maximum absolute atomic E-state index is 13.9. The van der Waals surface area contributed by atoms with Gasteiger partial charge in [0, 0.05) is 45.2 Å². The Kier molecular flexibility index (Phi) is 9.42. The summed E-state index contributed by atoms with van der Waals surface area (Å²) in [6, 6.07) is 30.6. The monoisotopic (exact) mass is 485 g/mol. The zero-order chi connectivity index (χ0) is 25.2. The fourth-order valence-corrected chi connectivity index (χ4v) is 5.03. The van der Waals surface area contributed by atoms with Gasteiger partial charge in [-0.25, -0.2) is 0 Å². The molecule has 0 radical (unpaired) electrons. The second-order valence-electron chi connectivity index (χ2n) is 9.58. The fourth-order valence-electron chi connectivity index (χ4n) is 5.03. The summed E-state index contributed by atoms with van der Waals surface area (Å²) in [5.41, 5.74) is 3.49. The summed E-state index contributed by atoms with van der Waals surface area (Å²) in [5, 5.41) is 0. The van der Waals surface area contributed by atoms with E-state index in [4.69, 9.17) is 9.47 Å². The molecule has 5 heteroatoms. The molecule has 188 valence electrons.